The Kier molecular flexibility index (Phi) is 4.17. The average Bonchev–Trinajstić information content (AvgIpc) is 2.25. The number of hydrogen-bond acceptors (Lipinski definition) is 3. The minimum atomic E-state index is -0.160. The van der Waals surface area contributed by atoms with Gasteiger partial charge in [-0.15, -0.1) is 6.58 Å². The first kappa shape index (κ1) is 12.4. The molecule has 1 aromatic heterocycles. The summed E-state index contributed by atoms with van der Waals surface area (Å²) in [5.74, 6) is 0.870. The van der Waals surface area contributed by atoms with E-state index in [0.29, 0.717) is 17.8 Å². The fourth-order valence-corrected chi connectivity index (χ4v) is 1.25. The summed E-state index contributed by atoms with van der Waals surface area (Å²) in [5, 5.41) is 2.70. The predicted octanol–water partition coefficient (Wildman–Crippen LogP) is 1.82. The van der Waals surface area contributed by atoms with Crippen molar-refractivity contribution in [2.75, 3.05) is 6.54 Å². The van der Waals surface area contributed by atoms with E-state index in [2.05, 4.69) is 21.9 Å². The van der Waals surface area contributed by atoms with E-state index < -0.39 is 0 Å². The van der Waals surface area contributed by atoms with Crippen molar-refractivity contribution in [3.8, 4) is 0 Å². The van der Waals surface area contributed by atoms with Crippen LogP contribution in [0.4, 0.5) is 0 Å². The SMILES string of the molecule is C=CCNC(=O)c1cnc(C(C)C)nc1C. The molecule has 0 bridgehead atoms. The number of rotatable bonds is 4. The second-order valence-corrected chi connectivity index (χ2v) is 3.88. The molecular formula is C12H17N3O. The highest BCUT2D eigenvalue weighted by Gasteiger charge is 2.11. The molecule has 1 heterocycles. The zero-order valence-corrected chi connectivity index (χ0v) is 9.95. The monoisotopic (exact) mass is 219 g/mol. The third kappa shape index (κ3) is 2.89. The summed E-state index contributed by atoms with van der Waals surface area (Å²) in [6, 6.07) is 0. The van der Waals surface area contributed by atoms with Crippen LogP contribution >= 0.6 is 0 Å². The van der Waals surface area contributed by atoms with E-state index in [1.807, 2.05) is 20.8 Å². The molecule has 0 aromatic carbocycles. The van der Waals surface area contributed by atoms with E-state index in [-0.39, 0.29) is 11.8 Å². The zero-order valence-electron chi connectivity index (χ0n) is 9.95. The van der Waals surface area contributed by atoms with Gasteiger partial charge in [-0.1, -0.05) is 19.9 Å². The fourth-order valence-electron chi connectivity index (χ4n) is 1.25. The van der Waals surface area contributed by atoms with Gasteiger partial charge in [-0.25, -0.2) is 9.97 Å². The first-order valence-electron chi connectivity index (χ1n) is 5.29. The van der Waals surface area contributed by atoms with E-state index in [1.54, 1.807) is 12.3 Å². The lowest BCUT2D eigenvalue weighted by atomic mass is 10.1. The molecule has 1 amide bonds. The molecule has 0 aliphatic rings. The molecule has 0 radical (unpaired) electrons. The van der Waals surface area contributed by atoms with Gasteiger partial charge in [0.25, 0.3) is 5.91 Å². The number of amides is 1. The van der Waals surface area contributed by atoms with Gasteiger partial charge >= 0.3 is 0 Å². The highest BCUT2D eigenvalue weighted by molar-refractivity contribution is 5.94. The molecule has 1 rings (SSSR count). The number of carbonyl (C=O) groups excluding carboxylic acids is 1. The second kappa shape index (κ2) is 5.39. The van der Waals surface area contributed by atoms with Crippen LogP contribution in [0.2, 0.25) is 0 Å². The molecule has 86 valence electrons. The molecule has 1 aromatic rings. The highest BCUT2D eigenvalue weighted by Crippen LogP contribution is 2.11. The first-order valence-corrected chi connectivity index (χ1v) is 5.29. The average molecular weight is 219 g/mol. The van der Waals surface area contributed by atoms with E-state index >= 15 is 0 Å². The van der Waals surface area contributed by atoms with Gasteiger partial charge in [0.2, 0.25) is 0 Å². The standard InChI is InChI=1S/C12H17N3O/c1-5-6-13-12(16)10-7-14-11(8(2)3)15-9(10)4/h5,7-8H,1,6H2,2-4H3,(H,13,16). The minimum absolute atomic E-state index is 0.160. The summed E-state index contributed by atoms with van der Waals surface area (Å²) in [6.45, 7) is 9.84. The van der Waals surface area contributed by atoms with Gasteiger partial charge in [-0.05, 0) is 6.92 Å². The quantitative estimate of drug-likeness (QED) is 0.786. The minimum Gasteiger partial charge on any atom is -0.348 e. The molecule has 1 N–H and O–H groups in total. The Morgan fingerprint density at radius 2 is 2.31 bits per heavy atom. The van der Waals surface area contributed by atoms with Crippen LogP contribution in [0.5, 0.6) is 0 Å². The van der Waals surface area contributed by atoms with Gasteiger partial charge in [0.1, 0.15) is 5.82 Å². The molecule has 0 saturated carbocycles. The molecule has 0 aliphatic carbocycles. The topological polar surface area (TPSA) is 54.9 Å². The predicted molar refractivity (Wildman–Crippen MR) is 63.4 cm³/mol. The molecule has 0 saturated heterocycles. The lowest BCUT2D eigenvalue weighted by Gasteiger charge is -2.08. The van der Waals surface area contributed by atoms with Crippen LogP contribution in [0.1, 0.15) is 41.6 Å². The molecule has 16 heavy (non-hydrogen) atoms. The van der Waals surface area contributed by atoms with Crippen LogP contribution in [0, 0.1) is 6.92 Å². The molecule has 0 aliphatic heterocycles. The van der Waals surface area contributed by atoms with Gasteiger partial charge in [0.05, 0.1) is 11.3 Å². The van der Waals surface area contributed by atoms with Crippen molar-refractivity contribution in [2.24, 2.45) is 0 Å². The van der Waals surface area contributed by atoms with E-state index in [4.69, 9.17) is 0 Å². The third-order valence-corrected chi connectivity index (χ3v) is 2.17. The fraction of sp³-hybridized carbons (Fsp3) is 0.417. The number of carbonyl (C=O) groups is 1. The number of aromatic nitrogens is 2. The lowest BCUT2D eigenvalue weighted by molar-refractivity contribution is 0.0956. The summed E-state index contributed by atoms with van der Waals surface area (Å²) >= 11 is 0. The summed E-state index contributed by atoms with van der Waals surface area (Å²) in [5.41, 5.74) is 1.23. The van der Waals surface area contributed by atoms with Gasteiger partial charge in [0, 0.05) is 18.7 Å². The van der Waals surface area contributed by atoms with Crippen LogP contribution in [0.25, 0.3) is 0 Å². The number of nitrogens with one attached hydrogen (secondary N) is 1. The van der Waals surface area contributed by atoms with Crippen molar-refractivity contribution in [1.29, 1.82) is 0 Å². The maximum atomic E-state index is 11.7. The molecular weight excluding hydrogens is 202 g/mol. The molecule has 0 fully saturated rings. The Morgan fingerprint density at radius 1 is 1.62 bits per heavy atom. The second-order valence-electron chi connectivity index (χ2n) is 3.88. The van der Waals surface area contributed by atoms with Gasteiger partial charge in [-0.3, -0.25) is 4.79 Å². The number of nitrogens with zero attached hydrogens (tertiary/aromatic N) is 2. The molecule has 4 nitrogen and oxygen atoms in total. The largest absolute Gasteiger partial charge is 0.348 e. The Labute approximate surface area is 95.8 Å². The van der Waals surface area contributed by atoms with Crippen LogP contribution in [-0.2, 0) is 0 Å². The normalized spacial score (nSPS) is 10.2. The summed E-state index contributed by atoms with van der Waals surface area (Å²) in [6.07, 6.45) is 3.21. The Hall–Kier alpha value is -1.71. The molecule has 0 atom stereocenters. The summed E-state index contributed by atoms with van der Waals surface area (Å²) < 4.78 is 0. The van der Waals surface area contributed by atoms with E-state index in [9.17, 15) is 4.79 Å². The smallest absolute Gasteiger partial charge is 0.254 e. The lowest BCUT2D eigenvalue weighted by Crippen LogP contribution is -2.24. The number of aryl methyl sites for hydroxylation is 1. The Balaban J connectivity index is 2.90. The van der Waals surface area contributed by atoms with Crippen molar-refractivity contribution in [3.05, 3.63) is 35.9 Å². The highest BCUT2D eigenvalue weighted by atomic mass is 16.1. The third-order valence-electron chi connectivity index (χ3n) is 2.17. The van der Waals surface area contributed by atoms with Crippen molar-refractivity contribution >= 4 is 5.91 Å². The summed E-state index contributed by atoms with van der Waals surface area (Å²) in [4.78, 5) is 20.1. The molecule has 0 spiro atoms. The van der Waals surface area contributed by atoms with Crippen LogP contribution < -0.4 is 5.32 Å². The van der Waals surface area contributed by atoms with E-state index in [0.717, 1.165) is 5.82 Å². The Morgan fingerprint density at radius 3 is 2.81 bits per heavy atom. The van der Waals surface area contributed by atoms with Crippen molar-refractivity contribution in [2.45, 2.75) is 26.7 Å². The van der Waals surface area contributed by atoms with Gasteiger partial charge < -0.3 is 5.32 Å². The maximum Gasteiger partial charge on any atom is 0.254 e. The zero-order chi connectivity index (χ0) is 12.1. The van der Waals surface area contributed by atoms with Crippen molar-refractivity contribution in [3.63, 3.8) is 0 Å². The van der Waals surface area contributed by atoms with Crippen LogP contribution in [0.3, 0.4) is 0 Å². The maximum absolute atomic E-state index is 11.7. The van der Waals surface area contributed by atoms with Crippen LogP contribution in [0.15, 0.2) is 18.9 Å². The van der Waals surface area contributed by atoms with Gasteiger partial charge in [-0.2, -0.15) is 0 Å². The Bertz CT molecular complexity index is 399. The van der Waals surface area contributed by atoms with Crippen molar-refractivity contribution < 1.29 is 4.79 Å². The number of hydrogen-bond donors (Lipinski definition) is 1. The van der Waals surface area contributed by atoms with Crippen molar-refractivity contribution in [1.82, 2.24) is 15.3 Å². The molecule has 0 unspecified atom stereocenters. The van der Waals surface area contributed by atoms with E-state index in [1.165, 1.54) is 0 Å². The molecule has 4 heteroatoms. The van der Waals surface area contributed by atoms with Gasteiger partial charge in [0.15, 0.2) is 0 Å². The summed E-state index contributed by atoms with van der Waals surface area (Å²) in [7, 11) is 0. The van der Waals surface area contributed by atoms with Crippen LogP contribution in [-0.4, -0.2) is 22.4 Å². The first-order chi connectivity index (χ1) is 7.56.